The fourth-order valence-corrected chi connectivity index (χ4v) is 1.86. The molecule has 1 heterocycles. The number of carbonyl (C=O) groups is 1. The van der Waals surface area contributed by atoms with Crippen molar-refractivity contribution in [2.75, 3.05) is 13.1 Å². The first kappa shape index (κ1) is 6.97. The number of piperidine rings is 1. The molecule has 0 spiro atoms. The van der Waals surface area contributed by atoms with E-state index in [0.717, 1.165) is 0 Å². The van der Waals surface area contributed by atoms with Crippen LogP contribution >= 0.6 is 0 Å². The van der Waals surface area contributed by atoms with Gasteiger partial charge < -0.3 is 10.4 Å². The van der Waals surface area contributed by atoms with E-state index >= 15 is 0 Å². The number of fused-ring (bicyclic) bond motifs is 1. The molecule has 2 N–H and O–H groups in total. The second-order valence-electron chi connectivity index (χ2n) is 3.08. The van der Waals surface area contributed by atoms with Crippen LogP contribution < -0.4 is 5.32 Å². The number of carboxylic acid groups (broad SMARTS) is 1. The van der Waals surface area contributed by atoms with E-state index in [1.807, 2.05) is 0 Å². The van der Waals surface area contributed by atoms with Crippen LogP contribution in [0.5, 0.6) is 0 Å². The van der Waals surface area contributed by atoms with E-state index in [2.05, 4.69) is 5.32 Å². The third-order valence-electron chi connectivity index (χ3n) is 2.68. The molecule has 0 aromatic rings. The summed E-state index contributed by atoms with van der Waals surface area (Å²) in [5, 5.41) is 11.2. The van der Waals surface area contributed by atoms with E-state index in [1.54, 1.807) is 0 Å². The summed E-state index contributed by atoms with van der Waals surface area (Å²) in [4.78, 5) is 10.5. The first-order valence-electron chi connectivity index (χ1n) is 3.35. The molecular weight excluding hydrogens is 156 g/mol. The highest BCUT2D eigenvalue weighted by Gasteiger charge is 2.86. The van der Waals surface area contributed by atoms with Gasteiger partial charge in [0.25, 0.3) is 5.92 Å². The largest absolute Gasteiger partial charge is 0.481 e. The average molecular weight is 163 g/mol. The third-order valence-corrected chi connectivity index (χ3v) is 2.68. The molecule has 2 rings (SSSR count). The lowest BCUT2D eigenvalue weighted by Crippen LogP contribution is -2.31. The van der Waals surface area contributed by atoms with Crippen molar-refractivity contribution in [3.63, 3.8) is 0 Å². The molecule has 0 aromatic carbocycles. The summed E-state index contributed by atoms with van der Waals surface area (Å²) in [5.74, 6) is -5.34. The van der Waals surface area contributed by atoms with E-state index < -0.39 is 23.2 Å². The fraction of sp³-hybridized carbons (Fsp3) is 0.833. The van der Waals surface area contributed by atoms with Crippen LogP contribution in [0.3, 0.4) is 0 Å². The predicted octanol–water partition coefficient (Wildman–Crippen LogP) is -0.0743. The van der Waals surface area contributed by atoms with Gasteiger partial charge in [0.1, 0.15) is 0 Å². The molecule has 0 unspecified atom stereocenters. The average Bonchev–Trinajstić information content (AvgIpc) is 2.25. The van der Waals surface area contributed by atoms with Gasteiger partial charge >= 0.3 is 5.97 Å². The number of alkyl halides is 2. The van der Waals surface area contributed by atoms with E-state index in [4.69, 9.17) is 5.11 Å². The smallest absolute Gasteiger partial charge is 0.317 e. The molecule has 3 nitrogen and oxygen atoms in total. The van der Waals surface area contributed by atoms with Gasteiger partial charge in [0.15, 0.2) is 5.41 Å². The van der Waals surface area contributed by atoms with Gasteiger partial charge in [0.05, 0.1) is 5.92 Å². The Morgan fingerprint density at radius 2 is 2.27 bits per heavy atom. The molecule has 0 bridgehead atoms. The topological polar surface area (TPSA) is 49.3 Å². The first-order valence-corrected chi connectivity index (χ1v) is 3.35. The summed E-state index contributed by atoms with van der Waals surface area (Å²) >= 11 is 0. The van der Waals surface area contributed by atoms with Gasteiger partial charge in [0.2, 0.25) is 0 Å². The monoisotopic (exact) mass is 163 g/mol. The maximum absolute atomic E-state index is 12.7. The van der Waals surface area contributed by atoms with Crippen molar-refractivity contribution in [3.05, 3.63) is 0 Å². The van der Waals surface area contributed by atoms with Crippen LogP contribution in [-0.4, -0.2) is 30.1 Å². The predicted molar refractivity (Wildman–Crippen MR) is 31.4 cm³/mol. The standard InChI is InChI=1S/C6H7F2NO2/c7-6(8)3-1-9-2-5(3,6)4(10)11/h3,9H,1-2H2,(H,10,11)/t3-,5+/m0/s1. The minimum Gasteiger partial charge on any atom is -0.481 e. The Morgan fingerprint density at radius 1 is 1.64 bits per heavy atom. The summed E-state index contributed by atoms with van der Waals surface area (Å²) in [6.45, 7) is 0.0271. The summed E-state index contributed by atoms with van der Waals surface area (Å²) in [6, 6.07) is 0. The number of nitrogens with one attached hydrogen (secondary N) is 1. The summed E-state index contributed by atoms with van der Waals surface area (Å²) in [7, 11) is 0. The van der Waals surface area contributed by atoms with Crippen LogP contribution in [-0.2, 0) is 4.79 Å². The van der Waals surface area contributed by atoms with Crippen molar-refractivity contribution in [2.24, 2.45) is 11.3 Å². The summed E-state index contributed by atoms with van der Waals surface area (Å²) < 4.78 is 25.5. The minimum atomic E-state index is -2.98. The van der Waals surface area contributed by atoms with E-state index in [-0.39, 0.29) is 13.1 Å². The number of rotatable bonds is 1. The van der Waals surface area contributed by atoms with Gasteiger partial charge in [0, 0.05) is 13.1 Å². The zero-order valence-electron chi connectivity index (χ0n) is 5.60. The molecular formula is C6H7F2NO2. The Balaban J connectivity index is 2.33. The van der Waals surface area contributed by atoms with Crippen LogP contribution in [0.25, 0.3) is 0 Å². The molecule has 2 atom stereocenters. The lowest BCUT2D eigenvalue weighted by atomic mass is 10.1. The number of hydrogen-bond donors (Lipinski definition) is 2. The van der Waals surface area contributed by atoms with Gasteiger partial charge in [-0.3, -0.25) is 4.79 Å². The van der Waals surface area contributed by atoms with E-state index in [9.17, 15) is 13.6 Å². The number of hydrogen-bond acceptors (Lipinski definition) is 2. The molecule has 1 aliphatic carbocycles. The van der Waals surface area contributed by atoms with Gasteiger partial charge in [-0.25, -0.2) is 8.78 Å². The molecule has 1 saturated carbocycles. The normalized spacial score (nSPS) is 45.1. The minimum absolute atomic E-state index is 0.0972. The van der Waals surface area contributed by atoms with E-state index in [0.29, 0.717) is 0 Å². The van der Waals surface area contributed by atoms with Crippen molar-refractivity contribution in [1.29, 1.82) is 0 Å². The molecule has 2 aliphatic rings. The maximum atomic E-state index is 12.7. The quantitative estimate of drug-likeness (QED) is 0.568. The van der Waals surface area contributed by atoms with Crippen LogP contribution in [0, 0.1) is 11.3 Å². The van der Waals surface area contributed by atoms with Crippen molar-refractivity contribution < 1.29 is 18.7 Å². The number of carboxylic acids is 1. The Hall–Kier alpha value is -0.710. The van der Waals surface area contributed by atoms with Crippen molar-refractivity contribution >= 4 is 5.97 Å². The molecule has 1 aliphatic heterocycles. The highest BCUT2D eigenvalue weighted by Crippen LogP contribution is 2.67. The fourth-order valence-electron chi connectivity index (χ4n) is 1.86. The van der Waals surface area contributed by atoms with Gasteiger partial charge in [-0.1, -0.05) is 0 Å². The molecule has 11 heavy (non-hydrogen) atoms. The Bertz CT molecular complexity index is 231. The molecule has 5 heteroatoms. The second-order valence-corrected chi connectivity index (χ2v) is 3.08. The summed E-state index contributed by atoms with van der Waals surface area (Å²) in [5.41, 5.74) is -1.77. The van der Waals surface area contributed by atoms with Crippen molar-refractivity contribution in [3.8, 4) is 0 Å². The first-order chi connectivity index (χ1) is 5.03. The highest BCUT2D eigenvalue weighted by atomic mass is 19.3. The van der Waals surface area contributed by atoms with Crippen LogP contribution in [0.15, 0.2) is 0 Å². The zero-order valence-corrected chi connectivity index (χ0v) is 5.60. The number of halogens is 2. The lowest BCUT2D eigenvalue weighted by molar-refractivity contribution is -0.147. The molecule has 1 saturated heterocycles. The van der Waals surface area contributed by atoms with Crippen LogP contribution in [0.2, 0.25) is 0 Å². The maximum Gasteiger partial charge on any atom is 0.317 e. The molecule has 0 aromatic heterocycles. The molecule has 62 valence electrons. The summed E-state index contributed by atoms with van der Waals surface area (Å²) in [6.07, 6.45) is 0. The van der Waals surface area contributed by atoms with Gasteiger partial charge in [-0.05, 0) is 0 Å². The highest BCUT2D eigenvalue weighted by molar-refractivity contribution is 5.82. The zero-order chi connectivity index (χ0) is 8.28. The van der Waals surface area contributed by atoms with Crippen LogP contribution in [0.1, 0.15) is 0 Å². The van der Waals surface area contributed by atoms with Gasteiger partial charge in [-0.2, -0.15) is 0 Å². The van der Waals surface area contributed by atoms with Crippen molar-refractivity contribution in [1.82, 2.24) is 5.32 Å². The molecule has 2 fully saturated rings. The lowest BCUT2D eigenvalue weighted by Gasteiger charge is -2.07. The van der Waals surface area contributed by atoms with Crippen LogP contribution in [0.4, 0.5) is 8.78 Å². The second kappa shape index (κ2) is 1.55. The Morgan fingerprint density at radius 3 is 2.55 bits per heavy atom. The number of aliphatic carboxylic acids is 1. The van der Waals surface area contributed by atoms with Crippen molar-refractivity contribution in [2.45, 2.75) is 5.92 Å². The third kappa shape index (κ3) is 0.504. The van der Waals surface area contributed by atoms with E-state index in [1.165, 1.54) is 0 Å². The molecule has 0 radical (unpaired) electrons. The Kier molecular flexibility index (Phi) is 0.982. The SMILES string of the molecule is O=C(O)[C@@]12CNC[C@@H]1C2(F)F. The Labute approximate surface area is 61.4 Å². The molecule has 0 amide bonds. The van der Waals surface area contributed by atoms with Gasteiger partial charge in [-0.15, -0.1) is 0 Å².